The van der Waals surface area contributed by atoms with Gasteiger partial charge in [0, 0.05) is 30.6 Å². The van der Waals surface area contributed by atoms with E-state index in [9.17, 15) is 19.2 Å². The number of hydrogen-bond donors (Lipinski definition) is 2. The van der Waals surface area contributed by atoms with Gasteiger partial charge in [0.05, 0.1) is 0 Å². The van der Waals surface area contributed by atoms with E-state index in [0.29, 0.717) is 17.0 Å². The molecule has 24 heavy (non-hydrogen) atoms. The average molecular weight is 353 g/mol. The lowest BCUT2D eigenvalue weighted by molar-refractivity contribution is -0.126. The van der Waals surface area contributed by atoms with Crippen molar-refractivity contribution in [1.29, 1.82) is 0 Å². The molecule has 2 N–H and O–H groups in total. The van der Waals surface area contributed by atoms with E-state index in [-0.39, 0.29) is 31.4 Å². The zero-order chi connectivity index (χ0) is 17.7. The van der Waals surface area contributed by atoms with Crippen molar-refractivity contribution in [3.05, 3.63) is 34.9 Å². The van der Waals surface area contributed by atoms with Gasteiger partial charge < -0.3 is 4.90 Å². The van der Waals surface area contributed by atoms with E-state index >= 15 is 0 Å². The molecule has 1 aliphatic heterocycles. The van der Waals surface area contributed by atoms with E-state index in [4.69, 9.17) is 11.6 Å². The average Bonchev–Trinajstić information content (AvgIpc) is 2.79. The van der Waals surface area contributed by atoms with Gasteiger partial charge in [-0.15, -0.1) is 0 Å². The van der Waals surface area contributed by atoms with Gasteiger partial charge in [-0.1, -0.05) is 11.6 Å². The second kappa shape index (κ2) is 7.78. The van der Waals surface area contributed by atoms with Gasteiger partial charge in [0.25, 0.3) is 5.91 Å². The number of halogens is 1. The normalized spacial score (nSPS) is 14.1. The molecule has 0 unspecified atom stereocenters. The molecule has 2 rings (SSSR count). The number of benzene rings is 1. The maximum Gasteiger partial charge on any atom is 0.326 e. The van der Waals surface area contributed by atoms with E-state index in [1.165, 1.54) is 17.0 Å². The standard InChI is InChI=1S/C15H17ClN4O4/c1-19-9-13(22)20(15(19)24)8-2-3-12(21)17-18-14(23)10-4-6-11(16)7-5-10/h4-7H,2-3,8-9H2,1H3,(H,17,21)(H,18,23). The Balaban J connectivity index is 1.70. The number of imide groups is 1. The van der Waals surface area contributed by atoms with Crippen LogP contribution in [0.25, 0.3) is 0 Å². The molecule has 1 aromatic rings. The quantitative estimate of drug-likeness (QED) is 0.604. The molecule has 128 valence electrons. The monoisotopic (exact) mass is 352 g/mol. The second-order valence-electron chi connectivity index (χ2n) is 5.30. The van der Waals surface area contributed by atoms with Gasteiger partial charge in [-0.2, -0.15) is 0 Å². The van der Waals surface area contributed by atoms with Gasteiger partial charge in [-0.25, -0.2) is 4.79 Å². The first-order chi connectivity index (χ1) is 11.4. The minimum absolute atomic E-state index is 0.0577. The number of likely N-dealkylation sites (N-methyl/N-ethyl adjacent to an activating group) is 1. The van der Waals surface area contributed by atoms with E-state index < -0.39 is 11.8 Å². The van der Waals surface area contributed by atoms with Gasteiger partial charge in [0.2, 0.25) is 11.8 Å². The Morgan fingerprint density at radius 1 is 1.17 bits per heavy atom. The number of hydrogen-bond acceptors (Lipinski definition) is 4. The molecule has 0 radical (unpaired) electrons. The minimum Gasteiger partial charge on any atom is -0.318 e. The van der Waals surface area contributed by atoms with Crippen LogP contribution in [0.2, 0.25) is 5.02 Å². The topological polar surface area (TPSA) is 98.8 Å². The van der Waals surface area contributed by atoms with Crippen LogP contribution in [0.3, 0.4) is 0 Å². The fraction of sp³-hybridized carbons (Fsp3) is 0.333. The van der Waals surface area contributed by atoms with Crippen LogP contribution in [-0.2, 0) is 9.59 Å². The van der Waals surface area contributed by atoms with Crippen molar-refractivity contribution in [3.63, 3.8) is 0 Å². The predicted molar refractivity (Wildman–Crippen MR) is 86.0 cm³/mol. The molecule has 0 saturated carbocycles. The summed E-state index contributed by atoms with van der Waals surface area (Å²) in [6.07, 6.45) is 0.385. The molecule has 9 heteroatoms. The number of hydrazine groups is 1. The van der Waals surface area contributed by atoms with Gasteiger partial charge >= 0.3 is 6.03 Å². The van der Waals surface area contributed by atoms with Crippen LogP contribution >= 0.6 is 11.6 Å². The van der Waals surface area contributed by atoms with Crippen molar-refractivity contribution in [3.8, 4) is 0 Å². The highest BCUT2D eigenvalue weighted by Crippen LogP contribution is 2.10. The van der Waals surface area contributed by atoms with Crippen LogP contribution in [0.1, 0.15) is 23.2 Å². The van der Waals surface area contributed by atoms with Crippen molar-refractivity contribution in [2.24, 2.45) is 0 Å². The Morgan fingerprint density at radius 2 is 1.83 bits per heavy atom. The van der Waals surface area contributed by atoms with Crippen molar-refractivity contribution in [2.45, 2.75) is 12.8 Å². The Hall–Kier alpha value is -2.61. The predicted octanol–water partition coefficient (Wildman–Crippen LogP) is 0.775. The molecule has 0 aliphatic carbocycles. The number of rotatable bonds is 5. The number of carbonyl (C=O) groups excluding carboxylic acids is 4. The number of amides is 5. The number of nitrogens with one attached hydrogen (secondary N) is 2. The second-order valence-corrected chi connectivity index (χ2v) is 5.73. The van der Waals surface area contributed by atoms with Crippen LogP contribution in [0, 0.1) is 0 Å². The summed E-state index contributed by atoms with van der Waals surface area (Å²) < 4.78 is 0. The van der Waals surface area contributed by atoms with Crippen LogP contribution < -0.4 is 10.9 Å². The summed E-state index contributed by atoms with van der Waals surface area (Å²) in [6.45, 7) is 0.225. The number of urea groups is 1. The zero-order valence-corrected chi connectivity index (χ0v) is 13.8. The van der Waals surface area contributed by atoms with Crippen LogP contribution in [0.5, 0.6) is 0 Å². The third-order valence-electron chi connectivity index (χ3n) is 3.44. The molecule has 1 fully saturated rings. The molecule has 0 spiro atoms. The van der Waals surface area contributed by atoms with Crippen molar-refractivity contribution in [1.82, 2.24) is 20.7 Å². The smallest absolute Gasteiger partial charge is 0.318 e. The molecule has 1 saturated heterocycles. The maximum atomic E-state index is 11.8. The molecule has 1 heterocycles. The lowest BCUT2D eigenvalue weighted by Crippen LogP contribution is -2.42. The summed E-state index contributed by atoms with van der Waals surface area (Å²) in [4.78, 5) is 49.1. The first-order valence-corrected chi connectivity index (χ1v) is 7.66. The number of carbonyl (C=O) groups is 4. The fourth-order valence-electron chi connectivity index (χ4n) is 2.15. The highest BCUT2D eigenvalue weighted by molar-refractivity contribution is 6.30. The van der Waals surface area contributed by atoms with Gasteiger partial charge in [0.1, 0.15) is 6.54 Å². The Morgan fingerprint density at radius 3 is 2.42 bits per heavy atom. The van der Waals surface area contributed by atoms with E-state index in [2.05, 4.69) is 10.9 Å². The third kappa shape index (κ3) is 4.45. The molecule has 0 bridgehead atoms. The zero-order valence-electron chi connectivity index (χ0n) is 13.0. The van der Waals surface area contributed by atoms with E-state index in [1.807, 2.05) is 0 Å². The lowest BCUT2D eigenvalue weighted by atomic mass is 10.2. The van der Waals surface area contributed by atoms with Crippen LogP contribution in [0.4, 0.5) is 4.79 Å². The first kappa shape index (κ1) is 17.7. The SMILES string of the molecule is CN1CC(=O)N(CCCC(=O)NNC(=O)c2ccc(Cl)cc2)C1=O. The van der Waals surface area contributed by atoms with E-state index in [1.54, 1.807) is 19.2 Å². The maximum absolute atomic E-state index is 11.8. The van der Waals surface area contributed by atoms with Crippen molar-refractivity contribution in [2.75, 3.05) is 20.1 Å². The van der Waals surface area contributed by atoms with Crippen LogP contribution in [-0.4, -0.2) is 53.7 Å². The molecular weight excluding hydrogens is 336 g/mol. The van der Waals surface area contributed by atoms with Gasteiger partial charge in [0.15, 0.2) is 0 Å². The number of nitrogens with zero attached hydrogens (tertiary/aromatic N) is 2. The third-order valence-corrected chi connectivity index (χ3v) is 3.69. The summed E-state index contributed by atoms with van der Waals surface area (Å²) in [5, 5.41) is 0.507. The summed E-state index contributed by atoms with van der Waals surface area (Å²) in [6, 6.07) is 5.84. The largest absolute Gasteiger partial charge is 0.326 e. The Labute approximate surface area is 143 Å². The Bertz CT molecular complexity index is 662. The lowest BCUT2D eigenvalue weighted by Gasteiger charge is -2.13. The van der Waals surface area contributed by atoms with Crippen molar-refractivity contribution < 1.29 is 19.2 Å². The van der Waals surface area contributed by atoms with Crippen LogP contribution in [0.15, 0.2) is 24.3 Å². The Kier molecular flexibility index (Phi) is 5.75. The highest BCUT2D eigenvalue weighted by atomic mass is 35.5. The van der Waals surface area contributed by atoms with Gasteiger partial charge in [-0.3, -0.25) is 30.1 Å². The first-order valence-electron chi connectivity index (χ1n) is 7.28. The summed E-state index contributed by atoms with van der Waals surface area (Å²) in [7, 11) is 1.54. The molecule has 1 aromatic carbocycles. The van der Waals surface area contributed by atoms with Crippen molar-refractivity contribution >= 4 is 35.4 Å². The van der Waals surface area contributed by atoms with Gasteiger partial charge in [-0.05, 0) is 30.7 Å². The molecule has 0 atom stereocenters. The molecule has 0 aromatic heterocycles. The van der Waals surface area contributed by atoms with E-state index in [0.717, 1.165) is 4.90 Å². The summed E-state index contributed by atoms with van der Waals surface area (Å²) in [5.41, 5.74) is 4.92. The minimum atomic E-state index is -0.466. The molecular formula is C15H17ClN4O4. The summed E-state index contributed by atoms with van der Waals surface area (Å²) >= 11 is 5.73. The molecule has 8 nitrogen and oxygen atoms in total. The highest BCUT2D eigenvalue weighted by Gasteiger charge is 2.32. The molecule has 5 amide bonds. The summed E-state index contributed by atoms with van der Waals surface area (Å²) in [5.74, 6) is -1.16. The fourth-order valence-corrected chi connectivity index (χ4v) is 2.28. The molecule has 1 aliphatic rings.